The first-order chi connectivity index (χ1) is 16.6. The molecule has 0 saturated heterocycles. The first-order valence-corrected chi connectivity index (χ1v) is 15.3. The quantitative estimate of drug-likeness (QED) is 0.0654. The summed E-state index contributed by atoms with van der Waals surface area (Å²) in [5.74, 6) is -0.370. The Bertz CT molecular complexity index is 554. The van der Waals surface area contributed by atoms with Gasteiger partial charge in [-0.3, -0.25) is 13.8 Å². The fourth-order valence-electron chi connectivity index (χ4n) is 3.60. The van der Waals surface area contributed by atoms with Crippen molar-refractivity contribution in [3.63, 3.8) is 0 Å². The Hall–Kier alpha value is -0.500. The van der Waals surface area contributed by atoms with Crippen LogP contribution in [0.5, 0.6) is 0 Å². The Morgan fingerprint density at radius 3 is 1.69 bits per heavy atom. The fourth-order valence-corrected chi connectivity index (χ4v) is 4.34. The zero-order valence-corrected chi connectivity index (χ0v) is 23.9. The number of hydrogen-bond donors (Lipinski definition) is 2. The van der Waals surface area contributed by atoms with E-state index in [1.807, 2.05) is 21.1 Å². The predicted molar refractivity (Wildman–Crippen MR) is 141 cm³/mol. The second-order valence-electron chi connectivity index (χ2n) is 10.6. The Morgan fingerprint density at radius 2 is 1.23 bits per heavy atom. The molecule has 0 radical (unpaired) electrons. The summed E-state index contributed by atoms with van der Waals surface area (Å²) in [5, 5.41) is 9.83. The van der Waals surface area contributed by atoms with Gasteiger partial charge in [-0.1, -0.05) is 96.8 Å². The van der Waals surface area contributed by atoms with E-state index in [2.05, 4.69) is 6.92 Å². The molecule has 0 aliphatic rings. The highest BCUT2D eigenvalue weighted by molar-refractivity contribution is 7.47. The third-order valence-corrected chi connectivity index (χ3v) is 6.85. The second-order valence-corrected chi connectivity index (χ2v) is 12.1. The highest BCUT2D eigenvalue weighted by Gasteiger charge is 2.24. The number of carbonyl (C=O) groups excluding carboxylic acids is 1. The zero-order valence-electron chi connectivity index (χ0n) is 23.0. The Balaban J connectivity index is 3.53. The SMILES string of the molecule is CCCCCCCCCCCCCCCCCC(=O)OC[C@@H](O)COP(=O)(O)OCC[N+](C)(C)C. The van der Waals surface area contributed by atoms with Crippen molar-refractivity contribution in [1.82, 2.24) is 0 Å². The number of esters is 1. The molecule has 2 N–H and O–H groups in total. The van der Waals surface area contributed by atoms with Gasteiger partial charge in [-0.25, -0.2) is 4.57 Å². The topological polar surface area (TPSA) is 102 Å². The molecule has 0 rings (SSSR count). The van der Waals surface area contributed by atoms with Crippen molar-refractivity contribution < 1.29 is 37.6 Å². The molecule has 0 aromatic carbocycles. The molecule has 210 valence electrons. The van der Waals surface area contributed by atoms with Crippen LogP contribution in [0.4, 0.5) is 0 Å². The molecule has 0 aliphatic heterocycles. The number of unbranched alkanes of at least 4 members (excludes halogenated alkanes) is 14. The van der Waals surface area contributed by atoms with Gasteiger partial charge in [0.1, 0.15) is 25.9 Å². The van der Waals surface area contributed by atoms with Crippen LogP contribution in [0.3, 0.4) is 0 Å². The van der Waals surface area contributed by atoms with Gasteiger partial charge in [-0.2, -0.15) is 0 Å². The van der Waals surface area contributed by atoms with Crippen LogP contribution in [-0.4, -0.2) is 74.1 Å². The van der Waals surface area contributed by atoms with Crippen LogP contribution in [0.15, 0.2) is 0 Å². The minimum atomic E-state index is -4.24. The molecule has 8 nitrogen and oxygen atoms in total. The zero-order chi connectivity index (χ0) is 26.4. The molecule has 0 saturated carbocycles. The van der Waals surface area contributed by atoms with Crippen molar-refractivity contribution in [2.45, 2.75) is 116 Å². The van der Waals surface area contributed by atoms with Crippen LogP contribution in [-0.2, 0) is 23.1 Å². The highest BCUT2D eigenvalue weighted by atomic mass is 31.2. The molecule has 1 unspecified atom stereocenters. The molecule has 35 heavy (non-hydrogen) atoms. The first kappa shape index (κ1) is 34.5. The monoisotopic (exact) mass is 524 g/mol. The summed E-state index contributed by atoms with van der Waals surface area (Å²) in [4.78, 5) is 21.4. The number of carbonyl (C=O) groups is 1. The number of phosphoric ester groups is 1. The number of likely N-dealkylation sites (N-methyl/N-ethyl adjacent to an activating group) is 1. The normalized spacial score (nSPS) is 14.6. The lowest BCUT2D eigenvalue weighted by atomic mass is 10.0. The first-order valence-electron chi connectivity index (χ1n) is 13.8. The van der Waals surface area contributed by atoms with E-state index >= 15 is 0 Å². The summed E-state index contributed by atoms with van der Waals surface area (Å²) in [6, 6.07) is 0. The maximum Gasteiger partial charge on any atom is 0.472 e. The number of rotatable bonds is 25. The van der Waals surface area contributed by atoms with Crippen LogP contribution in [0.25, 0.3) is 0 Å². The van der Waals surface area contributed by atoms with Gasteiger partial charge < -0.3 is 19.2 Å². The molecule has 0 amide bonds. The third-order valence-electron chi connectivity index (χ3n) is 5.87. The van der Waals surface area contributed by atoms with Crippen molar-refractivity contribution in [2.75, 3.05) is 47.5 Å². The van der Waals surface area contributed by atoms with Crippen LogP contribution < -0.4 is 0 Å². The Kier molecular flexibility index (Phi) is 21.3. The van der Waals surface area contributed by atoms with Crippen LogP contribution in [0, 0.1) is 0 Å². The lowest BCUT2D eigenvalue weighted by Crippen LogP contribution is -2.37. The predicted octanol–water partition coefficient (Wildman–Crippen LogP) is 5.99. The molecule has 0 aromatic heterocycles. The average Bonchev–Trinajstić information content (AvgIpc) is 2.78. The molecule has 0 bridgehead atoms. The number of ether oxygens (including phenoxy) is 1. The maximum atomic E-state index is 11.8. The summed E-state index contributed by atoms with van der Waals surface area (Å²) in [5.41, 5.74) is 0. The van der Waals surface area contributed by atoms with Gasteiger partial charge in [0.2, 0.25) is 0 Å². The molecule has 9 heteroatoms. The second kappa shape index (κ2) is 21.6. The molecule has 0 heterocycles. The molecule has 2 atom stereocenters. The maximum absolute atomic E-state index is 11.8. The Labute approximate surface area is 214 Å². The van der Waals surface area contributed by atoms with E-state index in [9.17, 15) is 19.4 Å². The van der Waals surface area contributed by atoms with E-state index in [-0.39, 0.29) is 19.2 Å². The van der Waals surface area contributed by atoms with Crippen molar-refractivity contribution in [2.24, 2.45) is 0 Å². The van der Waals surface area contributed by atoms with Crippen LogP contribution in [0.1, 0.15) is 110 Å². The van der Waals surface area contributed by atoms with Crippen molar-refractivity contribution in [1.29, 1.82) is 0 Å². The molecular weight excluding hydrogens is 469 g/mol. The van der Waals surface area contributed by atoms with Gasteiger partial charge in [0.15, 0.2) is 0 Å². The number of quaternary nitrogens is 1. The van der Waals surface area contributed by atoms with Gasteiger partial charge in [-0.15, -0.1) is 0 Å². The summed E-state index contributed by atoms with van der Waals surface area (Å²) < 4.78 is 27.0. The number of aliphatic hydroxyl groups excluding tert-OH is 1. The lowest BCUT2D eigenvalue weighted by molar-refractivity contribution is -0.870. The average molecular weight is 525 g/mol. The van der Waals surface area contributed by atoms with E-state index in [0.717, 1.165) is 19.3 Å². The minimum absolute atomic E-state index is 0.0572. The third kappa shape index (κ3) is 26.4. The van der Waals surface area contributed by atoms with Crippen molar-refractivity contribution in [3.05, 3.63) is 0 Å². The van der Waals surface area contributed by atoms with Gasteiger partial charge in [0, 0.05) is 6.42 Å². The van der Waals surface area contributed by atoms with E-state index < -0.39 is 20.5 Å². The lowest BCUT2D eigenvalue weighted by Gasteiger charge is -2.24. The molecule has 0 aromatic rings. The highest BCUT2D eigenvalue weighted by Crippen LogP contribution is 2.43. The van der Waals surface area contributed by atoms with E-state index in [4.69, 9.17) is 13.8 Å². The summed E-state index contributed by atoms with van der Waals surface area (Å²) >= 11 is 0. The van der Waals surface area contributed by atoms with Crippen LogP contribution in [0.2, 0.25) is 0 Å². The fraction of sp³-hybridized carbons (Fsp3) is 0.962. The molecule has 0 spiro atoms. The summed E-state index contributed by atoms with van der Waals surface area (Å²) in [7, 11) is 1.57. The largest absolute Gasteiger partial charge is 0.472 e. The van der Waals surface area contributed by atoms with E-state index in [0.29, 0.717) is 17.4 Å². The smallest absolute Gasteiger partial charge is 0.463 e. The molecular formula is C26H55NO7P+. The van der Waals surface area contributed by atoms with Gasteiger partial charge in [0.05, 0.1) is 27.7 Å². The molecule has 0 fully saturated rings. The Morgan fingerprint density at radius 1 is 0.771 bits per heavy atom. The van der Waals surface area contributed by atoms with Crippen LogP contribution >= 0.6 is 7.82 Å². The van der Waals surface area contributed by atoms with Crippen molar-refractivity contribution in [3.8, 4) is 0 Å². The van der Waals surface area contributed by atoms with Gasteiger partial charge in [0.25, 0.3) is 0 Å². The summed E-state index contributed by atoms with van der Waals surface area (Å²) in [6.45, 7) is 2.14. The summed E-state index contributed by atoms with van der Waals surface area (Å²) in [6.07, 6.45) is 18.2. The molecule has 0 aliphatic carbocycles. The number of phosphoric acid groups is 1. The van der Waals surface area contributed by atoms with Gasteiger partial charge >= 0.3 is 13.8 Å². The van der Waals surface area contributed by atoms with E-state index in [1.165, 1.54) is 77.0 Å². The number of aliphatic hydroxyl groups is 1. The standard InChI is InChI=1S/C26H54NO7P/c1-5-6-7-8-9-10-11-12-13-14-15-16-17-18-19-20-26(29)32-23-25(28)24-34-35(30,31)33-22-21-27(2,3)4/h25,28H,5-24H2,1-4H3/p+1/t25-/m1/s1. The minimum Gasteiger partial charge on any atom is -0.463 e. The van der Waals surface area contributed by atoms with Gasteiger partial charge in [-0.05, 0) is 6.42 Å². The van der Waals surface area contributed by atoms with Crippen molar-refractivity contribution >= 4 is 13.8 Å². The number of nitrogens with zero attached hydrogens (tertiary/aromatic N) is 1. The number of hydrogen-bond acceptors (Lipinski definition) is 6. The van der Waals surface area contributed by atoms with E-state index in [1.54, 1.807) is 0 Å².